The third-order valence-corrected chi connectivity index (χ3v) is 4.13. The Morgan fingerprint density at radius 2 is 1.59 bits per heavy atom. The largest absolute Gasteiger partial charge is 0.357 e. The molecule has 3 N–H and O–H groups in total. The second-order valence-electron chi connectivity index (χ2n) is 6.59. The van der Waals surface area contributed by atoms with Crippen molar-refractivity contribution >= 4 is 47.6 Å². The van der Waals surface area contributed by atoms with E-state index in [-0.39, 0.29) is 40.0 Å². The van der Waals surface area contributed by atoms with Crippen molar-refractivity contribution in [3.05, 3.63) is 0 Å². The molecule has 0 atom stereocenters. The van der Waals surface area contributed by atoms with E-state index in [0.717, 1.165) is 19.0 Å². The number of carbonyl (C=O) groups excluding carboxylic acids is 1. The highest BCUT2D eigenvalue weighted by molar-refractivity contribution is 14.0. The molecule has 0 bridgehead atoms. The average molecular weight is 444 g/mol. The van der Waals surface area contributed by atoms with Crippen LogP contribution < -0.4 is 16.0 Å². The van der Waals surface area contributed by atoms with Crippen LogP contribution >= 0.6 is 35.7 Å². The van der Waals surface area contributed by atoms with E-state index in [1.165, 1.54) is 0 Å². The molecule has 0 radical (unpaired) electrons. The molecule has 0 aliphatic heterocycles. The molecule has 5 nitrogen and oxygen atoms in total. The first-order chi connectivity index (χ1) is 9.62. The van der Waals surface area contributed by atoms with E-state index in [1.807, 2.05) is 27.7 Å². The summed E-state index contributed by atoms with van der Waals surface area (Å²) in [5, 5.41) is 9.37. The van der Waals surface area contributed by atoms with Gasteiger partial charge >= 0.3 is 0 Å². The van der Waals surface area contributed by atoms with E-state index < -0.39 is 0 Å². The van der Waals surface area contributed by atoms with E-state index in [1.54, 1.807) is 11.8 Å². The van der Waals surface area contributed by atoms with Crippen LogP contribution in [0.4, 0.5) is 0 Å². The van der Waals surface area contributed by atoms with Crippen LogP contribution in [0.5, 0.6) is 0 Å². The summed E-state index contributed by atoms with van der Waals surface area (Å²) in [6.45, 7) is 14.9. The lowest BCUT2D eigenvalue weighted by Crippen LogP contribution is -2.44. The standard InChI is InChI=1S/C15H32N4OS.HI/c1-8-16-13(19-11-15(5,6)21-7)18-10-9-17-12(20)14(2,3)4;/h8-11H2,1-7H3,(H,17,20)(H2,16,18,19);1H. The van der Waals surface area contributed by atoms with E-state index in [2.05, 4.69) is 41.0 Å². The molecule has 132 valence electrons. The molecule has 1 amide bonds. The Balaban J connectivity index is 0. The first kappa shape index (κ1) is 24.1. The predicted molar refractivity (Wildman–Crippen MR) is 109 cm³/mol. The molecule has 7 heteroatoms. The fourth-order valence-corrected chi connectivity index (χ4v) is 1.49. The fourth-order valence-electron chi connectivity index (χ4n) is 1.30. The third-order valence-electron chi connectivity index (χ3n) is 2.90. The van der Waals surface area contributed by atoms with Crippen LogP contribution in [-0.4, -0.2) is 49.0 Å². The highest BCUT2D eigenvalue weighted by Gasteiger charge is 2.20. The smallest absolute Gasteiger partial charge is 0.225 e. The van der Waals surface area contributed by atoms with Gasteiger partial charge in [0.15, 0.2) is 5.96 Å². The number of hydrogen-bond donors (Lipinski definition) is 3. The van der Waals surface area contributed by atoms with Crippen molar-refractivity contribution in [2.45, 2.75) is 46.3 Å². The van der Waals surface area contributed by atoms with Crippen molar-refractivity contribution in [3.8, 4) is 0 Å². The highest BCUT2D eigenvalue weighted by atomic mass is 127. The number of amides is 1. The van der Waals surface area contributed by atoms with Crippen LogP contribution in [0.15, 0.2) is 4.99 Å². The molecular formula is C15H33IN4OS. The maximum Gasteiger partial charge on any atom is 0.225 e. The zero-order chi connectivity index (χ0) is 16.5. The number of nitrogens with one attached hydrogen (secondary N) is 3. The zero-order valence-electron chi connectivity index (χ0n) is 15.0. The summed E-state index contributed by atoms with van der Waals surface area (Å²) in [4.78, 5) is 16.3. The first-order valence-electron chi connectivity index (χ1n) is 7.48. The number of aliphatic imine (C=N–C) groups is 1. The second kappa shape index (κ2) is 11.4. The lowest BCUT2D eigenvalue weighted by Gasteiger charge is -2.21. The van der Waals surface area contributed by atoms with Gasteiger partial charge in [0.2, 0.25) is 5.91 Å². The number of carbonyl (C=O) groups is 1. The zero-order valence-corrected chi connectivity index (χ0v) is 18.1. The molecule has 0 aromatic rings. The Kier molecular flexibility index (Phi) is 12.4. The maximum absolute atomic E-state index is 11.7. The first-order valence-corrected chi connectivity index (χ1v) is 8.70. The van der Waals surface area contributed by atoms with E-state index in [9.17, 15) is 4.79 Å². The third kappa shape index (κ3) is 11.4. The van der Waals surface area contributed by atoms with Crippen molar-refractivity contribution < 1.29 is 4.79 Å². The van der Waals surface area contributed by atoms with Gasteiger partial charge in [0.1, 0.15) is 0 Å². The molecule has 0 fully saturated rings. The SMILES string of the molecule is CCNC(=NCC(C)(C)SC)NCCNC(=O)C(C)(C)C.I. The molecule has 0 saturated carbocycles. The van der Waals surface area contributed by atoms with Crippen molar-refractivity contribution in [2.75, 3.05) is 32.4 Å². The van der Waals surface area contributed by atoms with Crippen LogP contribution in [0, 0.1) is 5.41 Å². The van der Waals surface area contributed by atoms with E-state index in [0.29, 0.717) is 13.1 Å². The molecule has 0 spiro atoms. The molecule has 0 rings (SSSR count). The lowest BCUT2D eigenvalue weighted by molar-refractivity contribution is -0.128. The minimum atomic E-state index is -0.346. The van der Waals surface area contributed by atoms with Crippen LogP contribution in [-0.2, 0) is 4.79 Å². The molecule has 0 aliphatic rings. The van der Waals surface area contributed by atoms with Crippen molar-refractivity contribution in [2.24, 2.45) is 10.4 Å². The summed E-state index contributed by atoms with van der Waals surface area (Å²) in [5.74, 6) is 0.861. The van der Waals surface area contributed by atoms with Gasteiger partial charge in [-0.1, -0.05) is 20.8 Å². The molecule has 0 aromatic carbocycles. The van der Waals surface area contributed by atoms with Gasteiger partial charge in [-0.2, -0.15) is 11.8 Å². The maximum atomic E-state index is 11.7. The number of rotatable bonds is 7. The molecular weight excluding hydrogens is 411 g/mol. The molecule has 0 saturated heterocycles. The number of thioether (sulfide) groups is 1. The van der Waals surface area contributed by atoms with Crippen molar-refractivity contribution in [1.82, 2.24) is 16.0 Å². The van der Waals surface area contributed by atoms with Gasteiger partial charge in [0.05, 0.1) is 6.54 Å². The Bertz CT molecular complexity index is 354. The molecule has 22 heavy (non-hydrogen) atoms. The molecule has 0 unspecified atom stereocenters. The Labute approximate surface area is 157 Å². The lowest BCUT2D eigenvalue weighted by atomic mass is 9.96. The molecule has 0 aromatic heterocycles. The van der Waals surface area contributed by atoms with Gasteiger partial charge in [-0.15, -0.1) is 24.0 Å². The minimum Gasteiger partial charge on any atom is -0.357 e. The second-order valence-corrected chi connectivity index (χ2v) is 8.11. The Morgan fingerprint density at radius 1 is 1.05 bits per heavy atom. The summed E-state index contributed by atoms with van der Waals surface area (Å²) in [6.07, 6.45) is 2.10. The Hall–Kier alpha value is -0.180. The summed E-state index contributed by atoms with van der Waals surface area (Å²) >= 11 is 1.80. The van der Waals surface area contributed by atoms with Crippen LogP contribution in [0.3, 0.4) is 0 Å². The Morgan fingerprint density at radius 3 is 2.05 bits per heavy atom. The quantitative estimate of drug-likeness (QED) is 0.244. The number of halogens is 1. The van der Waals surface area contributed by atoms with Crippen molar-refractivity contribution in [1.29, 1.82) is 0 Å². The number of guanidine groups is 1. The summed E-state index contributed by atoms with van der Waals surface area (Å²) in [6, 6.07) is 0. The van der Waals surface area contributed by atoms with Crippen LogP contribution in [0.1, 0.15) is 41.5 Å². The van der Waals surface area contributed by atoms with E-state index >= 15 is 0 Å². The van der Waals surface area contributed by atoms with E-state index in [4.69, 9.17) is 0 Å². The van der Waals surface area contributed by atoms with Gasteiger partial charge < -0.3 is 16.0 Å². The highest BCUT2D eigenvalue weighted by Crippen LogP contribution is 2.20. The van der Waals surface area contributed by atoms with Crippen molar-refractivity contribution in [3.63, 3.8) is 0 Å². The van der Waals surface area contributed by atoms with Crippen LogP contribution in [0.25, 0.3) is 0 Å². The van der Waals surface area contributed by atoms with Gasteiger partial charge in [0.25, 0.3) is 0 Å². The average Bonchev–Trinajstić information content (AvgIpc) is 2.39. The summed E-state index contributed by atoms with van der Waals surface area (Å²) in [7, 11) is 0. The molecule has 0 heterocycles. The minimum absolute atomic E-state index is 0. The summed E-state index contributed by atoms with van der Waals surface area (Å²) in [5.41, 5.74) is -0.346. The normalized spacial score (nSPS) is 12.4. The monoisotopic (exact) mass is 444 g/mol. The number of nitrogens with zero attached hydrogens (tertiary/aromatic N) is 1. The topological polar surface area (TPSA) is 65.5 Å². The van der Waals surface area contributed by atoms with Gasteiger partial charge in [-0.25, -0.2) is 0 Å². The fraction of sp³-hybridized carbons (Fsp3) is 0.867. The van der Waals surface area contributed by atoms with Gasteiger partial charge in [0, 0.05) is 29.8 Å². The van der Waals surface area contributed by atoms with Gasteiger partial charge in [-0.3, -0.25) is 9.79 Å². The van der Waals surface area contributed by atoms with Gasteiger partial charge in [-0.05, 0) is 27.0 Å². The van der Waals surface area contributed by atoms with Crippen LogP contribution in [0.2, 0.25) is 0 Å². The summed E-state index contributed by atoms with van der Waals surface area (Å²) < 4.78 is 0.128. The molecule has 0 aliphatic carbocycles. The number of hydrogen-bond acceptors (Lipinski definition) is 3. The predicted octanol–water partition coefficient (Wildman–Crippen LogP) is 2.46.